The molecule has 0 saturated heterocycles. The Bertz CT molecular complexity index is 518. The molecule has 0 aromatic carbocycles. The molecule has 0 fully saturated rings. The van der Waals surface area contributed by atoms with E-state index in [1.807, 2.05) is 24.4 Å². The Morgan fingerprint density at radius 3 is 2.94 bits per heavy atom. The van der Waals surface area contributed by atoms with Gasteiger partial charge >= 0.3 is 0 Å². The molecule has 84 valence electrons. The first-order chi connectivity index (χ1) is 7.72. The Hall–Kier alpha value is -1.46. The number of aromatic nitrogens is 2. The fourth-order valence-corrected chi connectivity index (χ4v) is 2.09. The van der Waals surface area contributed by atoms with Gasteiger partial charge in [-0.25, -0.2) is 4.68 Å². The summed E-state index contributed by atoms with van der Waals surface area (Å²) >= 11 is 1.60. The van der Waals surface area contributed by atoms with Crippen LogP contribution >= 0.6 is 11.3 Å². The molecule has 2 heterocycles. The van der Waals surface area contributed by atoms with Crippen molar-refractivity contribution < 1.29 is 0 Å². The molecule has 16 heavy (non-hydrogen) atoms. The maximum atomic E-state index is 11.6. The lowest BCUT2D eigenvalue weighted by Gasteiger charge is -2.11. The molecule has 4 nitrogen and oxygen atoms in total. The summed E-state index contributed by atoms with van der Waals surface area (Å²) in [5.41, 5.74) is 6.25. The van der Waals surface area contributed by atoms with Crippen molar-refractivity contribution >= 4 is 11.3 Å². The van der Waals surface area contributed by atoms with E-state index in [1.54, 1.807) is 17.4 Å². The number of hydrogen-bond acceptors (Lipinski definition) is 4. The second-order valence-corrected chi connectivity index (χ2v) is 4.51. The van der Waals surface area contributed by atoms with E-state index in [0.29, 0.717) is 6.54 Å². The van der Waals surface area contributed by atoms with Crippen molar-refractivity contribution in [2.75, 3.05) is 6.54 Å². The summed E-state index contributed by atoms with van der Waals surface area (Å²) in [6.45, 7) is 2.29. The van der Waals surface area contributed by atoms with Crippen molar-refractivity contribution in [2.45, 2.75) is 13.0 Å². The zero-order chi connectivity index (χ0) is 11.5. The Morgan fingerprint density at radius 1 is 1.50 bits per heavy atom. The summed E-state index contributed by atoms with van der Waals surface area (Å²) in [5.74, 6) is 0. The SMILES string of the molecule is C[C@@H](CN)n1nc(-c2cccs2)ccc1=O. The Kier molecular flexibility index (Phi) is 3.17. The Morgan fingerprint density at radius 2 is 2.31 bits per heavy atom. The van der Waals surface area contributed by atoms with Crippen LogP contribution in [0.4, 0.5) is 0 Å². The summed E-state index contributed by atoms with van der Waals surface area (Å²) in [6.07, 6.45) is 0. The highest BCUT2D eigenvalue weighted by Gasteiger charge is 2.08. The van der Waals surface area contributed by atoms with Gasteiger partial charge in [0, 0.05) is 12.6 Å². The minimum Gasteiger partial charge on any atom is -0.328 e. The number of nitrogens with zero attached hydrogens (tertiary/aromatic N) is 2. The van der Waals surface area contributed by atoms with Gasteiger partial charge in [-0.05, 0) is 24.4 Å². The van der Waals surface area contributed by atoms with E-state index in [4.69, 9.17) is 5.73 Å². The number of rotatable bonds is 3. The van der Waals surface area contributed by atoms with E-state index in [1.165, 1.54) is 10.7 Å². The van der Waals surface area contributed by atoms with Crippen molar-refractivity contribution in [3.63, 3.8) is 0 Å². The lowest BCUT2D eigenvalue weighted by Crippen LogP contribution is -2.29. The number of thiophene rings is 1. The maximum absolute atomic E-state index is 11.6. The van der Waals surface area contributed by atoms with E-state index < -0.39 is 0 Å². The Labute approximate surface area is 97.3 Å². The molecular weight excluding hydrogens is 222 g/mol. The van der Waals surface area contributed by atoms with E-state index >= 15 is 0 Å². The molecular formula is C11H13N3OS. The third kappa shape index (κ3) is 2.05. The zero-order valence-corrected chi connectivity index (χ0v) is 9.78. The van der Waals surface area contributed by atoms with Gasteiger partial charge in [0.1, 0.15) is 5.69 Å². The number of nitrogens with two attached hydrogens (primary N) is 1. The molecule has 0 saturated carbocycles. The average Bonchev–Trinajstić information content (AvgIpc) is 2.82. The van der Waals surface area contributed by atoms with Crippen LogP contribution in [0.25, 0.3) is 10.6 Å². The molecule has 0 radical (unpaired) electrons. The molecule has 1 atom stereocenters. The lowest BCUT2D eigenvalue weighted by atomic mass is 10.3. The lowest BCUT2D eigenvalue weighted by molar-refractivity contribution is 0.477. The smallest absolute Gasteiger partial charge is 0.267 e. The molecule has 2 aromatic heterocycles. The third-order valence-electron chi connectivity index (χ3n) is 2.36. The van der Waals surface area contributed by atoms with Crippen LogP contribution in [0.3, 0.4) is 0 Å². The van der Waals surface area contributed by atoms with Gasteiger partial charge in [-0.15, -0.1) is 11.3 Å². The van der Waals surface area contributed by atoms with Crippen molar-refractivity contribution in [1.82, 2.24) is 9.78 Å². The van der Waals surface area contributed by atoms with Crippen LogP contribution < -0.4 is 11.3 Å². The zero-order valence-electron chi connectivity index (χ0n) is 8.96. The van der Waals surface area contributed by atoms with Crippen LogP contribution in [0.2, 0.25) is 0 Å². The third-order valence-corrected chi connectivity index (χ3v) is 3.25. The molecule has 2 rings (SSSR count). The van der Waals surface area contributed by atoms with Gasteiger partial charge in [0.15, 0.2) is 0 Å². The van der Waals surface area contributed by atoms with Crippen molar-refractivity contribution in [3.8, 4) is 10.6 Å². The second kappa shape index (κ2) is 4.59. The fraction of sp³-hybridized carbons (Fsp3) is 0.273. The van der Waals surface area contributed by atoms with Crippen molar-refractivity contribution in [1.29, 1.82) is 0 Å². The number of hydrogen-bond donors (Lipinski definition) is 1. The Balaban J connectivity index is 2.48. The summed E-state index contributed by atoms with van der Waals surface area (Å²) < 4.78 is 1.44. The van der Waals surface area contributed by atoms with Crippen molar-refractivity contribution in [3.05, 3.63) is 40.0 Å². The van der Waals surface area contributed by atoms with Crippen LogP contribution in [0.15, 0.2) is 34.4 Å². The van der Waals surface area contributed by atoms with Gasteiger partial charge in [-0.1, -0.05) is 6.07 Å². The van der Waals surface area contributed by atoms with E-state index in [2.05, 4.69) is 5.10 Å². The first-order valence-corrected chi connectivity index (χ1v) is 5.94. The summed E-state index contributed by atoms with van der Waals surface area (Å²) in [4.78, 5) is 12.6. The highest BCUT2D eigenvalue weighted by Crippen LogP contribution is 2.21. The van der Waals surface area contributed by atoms with Gasteiger partial charge in [0.05, 0.1) is 10.9 Å². The van der Waals surface area contributed by atoms with Gasteiger partial charge in [-0.3, -0.25) is 4.79 Å². The summed E-state index contributed by atoms with van der Waals surface area (Å²) in [7, 11) is 0. The van der Waals surface area contributed by atoms with E-state index in [-0.39, 0.29) is 11.6 Å². The quantitative estimate of drug-likeness (QED) is 0.876. The van der Waals surface area contributed by atoms with Crippen LogP contribution in [0.5, 0.6) is 0 Å². The molecule has 0 aliphatic carbocycles. The molecule has 0 spiro atoms. The normalized spacial score (nSPS) is 12.6. The van der Waals surface area contributed by atoms with Gasteiger partial charge < -0.3 is 5.73 Å². The van der Waals surface area contributed by atoms with E-state index in [9.17, 15) is 4.79 Å². The first-order valence-electron chi connectivity index (χ1n) is 5.06. The van der Waals surface area contributed by atoms with Gasteiger partial charge in [0.25, 0.3) is 5.56 Å². The summed E-state index contributed by atoms with van der Waals surface area (Å²) in [6, 6.07) is 7.15. The van der Waals surface area contributed by atoms with Gasteiger partial charge in [0.2, 0.25) is 0 Å². The maximum Gasteiger partial charge on any atom is 0.267 e. The van der Waals surface area contributed by atoms with Crippen LogP contribution in [0.1, 0.15) is 13.0 Å². The first kappa shape index (κ1) is 11.0. The second-order valence-electron chi connectivity index (χ2n) is 3.56. The molecule has 0 amide bonds. The minimum atomic E-state index is -0.113. The summed E-state index contributed by atoms with van der Waals surface area (Å²) in [5, 5.41) is 6.31. The molecule has 0 bridgehead atoms. The largest absolute Gasteiger partial charge is 0.328 e. The predicted molar refractivity (Wildman–Crippen MR) is 65.6 cm³/mol. The monoisotopic (exact) mass is 235 g/mol. The topological polar surface area (TPSA) is 60.9 Å². The molecule has 0 unspecified atom stereocenters. The highest BCUT2D eigenvalue weighted by atomic mass is 32.1. The predicted octanol–water partition coefficient (Wildman–Crippen LogP) is 1.49. The standard InChI is InChI=1S/C11H13N3OS/c1-8(7-12)14-11(15)5-4-9(13-14)10-3-2-6-16-10/h2-6,8H,7,12H2,1H3/t8-/m0/s1. The fourth-order valence-electron chi connectivity index (χ4n) is 1.40. The molecule has 5 heteroatoms. The van der Waals surface area contributed by atoms with Crippen LogP contribution in [0, 0.1) is 0 Å². The molecule has 2 N–H and O–H groups in total. The van der Waals surface area contributed by atoms with Crippen LogP contribution in [-0.4, -0.2) is 16.3 Å². The molecule has 2 aromatic rings. The van der Waals surface area contributed by atoms with E-state index in [0.717, 1.165) is 10.6 Å². The minimum absolute atomic E-state index is 0.0765. The highest BCUT2D eigenvalue weighted by molar-refractivity contribution is 7.13. The average molecular weight is 235 g/mol. The van der Waals surface area contributed by atoms with Gasteiger partial charge in [-0.2, -0.15) is 5.10 Å². The molecule has 0 aliphatic rings. The molecule has 0 aliphatic heterocycles. The van der Waals surface area contributed by atoms with Crippen LogP contribution in [-0.2, 0) is 0 Å². The van der Waals surface area contributed by atoms with Crippen molar-refractivity contribution in [2.24, 2.45) is 5.73 Å².